The van der Waals surface area contributed by atoms with Crippen LogP contribution in [0.15, 0.2) is 54.6 Å². The third kappa shape index (κ3) is 5.26. The largest absolute Gasteiger partial charge is 0.491 e. The molecule has 0 saturated carbocycles. The average molecular weight is 500 g/mol. The zero-order chi connectivity index (χ0) is 24.3. The second-order valence-electron chi connectivity index (χ2n) is 6.42. The lowest BCUT2D eigenvalue weighted by molar-refractivity contribution is -0.139. The number of carboxylic acid groups (broad SMARTS) is 2. The first-order valence-electron chi connectivity index (χ1n) is 8.97. The minimum atomic E-state index is -5.01. The van der Waals surface area contributed by atoms with Gasteiger partial charge in [0.15, 0.2) is 17.2 Å². The number of alkyl halides is 3. The van der Waals surface area contributed by atoms with Crippen LogP contribution in [0.2, 0.25) is 5.02 Å². The monoisotopic (exact) mass is 499 g/mol. The number of benzene rings is 2. The van der Waals surface area contributed by atoms with Gasteiger partial charge in [-0.1, -0.05) is 41.9 Å². The highest BCUT2D eigenvalue weighted by atomic mass is 35.5. The molecule has 33 heavy (non-hydrogen) atoms. The summed E-state index contributed by atoms with van der Waals surface area (Å²) < 4.78 is 46.0. The number of para-hydroxylation sites is 1. The van der Waals surface area contributed by atoms with Crippen molar-refractivity contribution in [2.75, 3.05) is 11.5 Å². The van der Waals surface area contributed by atoms with Crippen molar-refractivity contribution >= 4 is 46.5 Å². The SMILES string of the molecule is O=C(O)COc1c(C(=O)O)sc(-c2cccc(C(=O)N(c3ccccc3)C(F)(F)F)c2)c1Cl. The zero-order valence-electron chi connectivity index (χ0n) is 16.3. The molecule has 0 radical (unpaired) electrons. The molecule has 12 heteroatoms. The number of rotatable bonds is 7. The first kappa shape index (κ1) is 24.1. The maximum absolute atomic E-state index is 13.7. The summed E-state index contributed by atoms with van der Waals surface area (Å²) in [6, 6.07) is 11.5. The maximum Gasteiger partial charge on any atom is 0.491 e. The molecule has 1 aromatic heterocycles. The number of carbonyl (C=O) groups is 3. The molecule has 1 heterocycles. The van der Waals surface area contributed by atoms with Gasteiger partial charge in [0.2, 0.25) is 0 Å². The van der Waals surface area contributed by atoms with E-state index >= 15 is 0 Å². The lowest BCUT2D eigenvalue weighted by Gasteiger charge is -2.25. The van der Waals surface area contributed by atoms with Gasteiger partial charge in [0.05, 0.1) is 10.6 Å². The molecule has 7 nitrogen and oxygen atoms in total. The van der Waals surface area contributed by atoms with Crippen LogP contribution in [0.25, 0.3) is 10.4 Å². The van der Waals surface area contributed by atoms with E-state index in [1.165, 1.54) is 36.4 Å². The van der Waals surface area contributed by atoms with Crippen molar-refractivity contribution in [3.8, 4) is 16.2 Å². The minimum absolute atomic E-state index is 0.0855. The van der Waals surface area contributed by atoms with Gasteiger partial charge in [0.1, 0.15) is 5.02 Å². The molecule has 2 aromatic carbocycles. The topological polar surface area (TPSA) is 104 Å². The van der Waals surface area contributed by atoms with Crippen molar-refractivity contribution in [2.45, 2.75) is 6.30 Å². The molecule has 0 aliphatic carbocycles. The molecule has 0 aliphatic rings. The van der Waals surface area contributed by atoms with E-state index in [1.807, 2.05) is 0 Å². The molecule has 0 fully saturated rings. The van der Waals surface area contributed by atoms with Gasteiger partial charge in [-0.3, -0.25) is 4.79 Å². The van der Waals surface area contributed by atoms with Crippen molar-refractivity contribution in [3.05, 3.63) is 70.1 Å². The Hall–Kier alpha value is -3.57. The summed E-state index contributed by atoms with van der Waals surface area (Å²) >= 11 is 6.84. The average Bonchev–Trinajstić information content (AvgIpc) is 3.08. The van der Waals surface area contributed by atoms with E-state index in [0.29, 0.717) is 11.3 Å². The number of carboxylic acids is 2. The highest BCUT2D eigenvalue weighted by molar-refractivity contribution is 7.18. The van der Waals surface area contributed by atoms with Gasteiger partial charge in [-0.15, -0.1) is 24.5 Å². The second-order valence-corrected chi connectivity index (χ2v) is 7.81. The number of aromatic carboxylic acids is 1. The first-order valence-corrected chi connectivity index (χ1v) is 10.2. The zero-order valence-corrected chi connectivity index (χ0v) is 17.9. The fraction of sp³-hybridized carbons (Fsp3) is 0.0952. The van der Waals surface area contributed by atoms with Crippen LogP contribution >= 0.6 is 22.9 Å². The van der Waals surface area contributed by atoms with E-state index in [-0.39, 0.29) is 37.4 Å². The van der Waals surface area contributed by atoms with E-state index in [4.69, 9.17) is 21.4 Å². The van der Waals surface area contributed by atoms with Crippen LogP contribution < -0.4 is 9.64 Å². The van der Waals surface area contributed by atoms with Gasteiger partial charge in [-0.2, -0.15) is 0 Å². The highest BCUT2D eigenvalue weighted by Gasteiger charge is 2.42. The molecule has 0 spiro atoms. The molecule has 0 aliphatic heterocycles. The summed E-state index contributed by atoms with van der Waals surface area (Å²) in [4.78, 5) is 34.5. The van der Waals surface area contributed by atoms with Crippen molar-refractivity contribution in [1.29, 1.82) is 0 Å². The summed E-state index contributed by atoms with van der Waals surface area (Å²) in [5.41, 5.74) is -0.561. The number of hydrogen-bond donors (Lipinski definition) is 2. The van der Waals surface area contributed by atoms with Gasteiger partial charge in [0.25, 0.3) is 5.91 Å². The molecule has 172 valence electrons. The normalized spacial score (nSPS) is 11.2. The van der Waals surface area contributed by atoms with Gasteiger partial charge < -0.3 is 14.9 Å². The Bertz CT molecular complexity index is 1210. The number of carbonyl (C=O) groups excluding carboxylic acids is 1. The Kier molecular flexibility index (Phi) is 6.94. The third-order valence-electron chi connectivity index (χ3n) is 4.19. The Morgan fingerprint density at radius 1 is 1.03 bits per heavy atom. The Morgan fingerprint density at radius 2 is 1.70 bits per heavy atom. The van der Waals surface area contributed by atoms with E-state index in [9.17, 15) is 32.7 Å². The van der Waals surface area contributed by atoms with Crippen molar-refractivity contribution in [1.82, 2.24) is 0 Å². The van der Waals surface area contributed by atoms with Crippen LogP contribution in [0.5, 0.6) is 5.75 Å². The van der Waals surface area contributed by atoms with Crippen molar-refractivity contribution in [3.63, 3.8) is 0 Å². The lowest BCUT2D eigenvalue weighted by Crippen LogP contribution is -2.43. The predicted octanol–water partition coefficient (Wildman–Crippen LogP) is 5.40. The summed E-state index contributed by atoms with van der Waals surface area (Å²) in [5.74, 6) is -4.54. The lowest BCUT2D eigenvalue weighted by atomic mass is 10.1. The summed E-state index contributed by atoms with van der Waals surface area (Å²) in [6.45, 7) is -0.855. The van der Waals surface area contributed by atoms with Crippen LogP contribution in [0.4, 0.5) is 18.9 Å². The molecule has 0 unspecified atom stereocenters. The number of anilines is 1. The van der Waals surface area contributed by atoms with E-state index in [1.54, 1.807) is 0 Å². The van der Waals surface area contributed by atoms with E-state index < -0.39 is 35.6 Å². The third-order valence-corrected chi connectivity index (χ3v) is 5.87. The Morgan fingerprint density at radius 3 is 2.27 bits per heavy atom. The number of ether oxygens (including phenoxy) is 1. The second kappa shape index (κ2) is 9.51. The Balaban J connectivity index is 2.05. The summed E-state index contributed by atoms with van der Waals surface area (Å²) in [7, 11) is 0. The number of amides is 1. The van der Waals surface area contributed by atoms with Gasteiger partial charge in [-0.25, -0.2) is 14.5 Å². The fourth-order valence-electron chi connectivity index (χ4n) is 2.86. The summed E-state index contributed by atoms with van der Waals surface area (Å²) in [5, 5.41) is 17.9. The number of nitrogens with zero attached hydrogens (tertiary/aromatic N) is 1. The van der Waals surface area contributed by atoms with Gasteiger partial charge in [0, 0.05) is 5.56 Å². The van der Waals surface area contributed by atoms with E-state index in [0.717, 1.165) is 18.2 Å². The van der Waals surface area contributed by atoms with E-state index in [2.05, 4.69) is 0 Å². The van der Waals surface area contributed by atoms with Crippen molar-refractivity contribution in [2.24, 2.45) is 0 Å². The number of thiophene rings is 1. The molecule has 3 aromatic rings. The number of hydrogen-bond acceptors (Lipinski definition) is 5. The minimum Gasteiger partial charge on any atom is -0.479 e. The van der Waals surface area contributed by atoms with Gasteiger partial charge >= 0.3 is 18.2 Å². The van der Waals surface area contributed by atoms with Crippen LogP contribution in [0, 0.1) is 0 Å². The van der Waals surface area contributed by atoms with Gasteiger partial charge in [-0.05, 0) is 29.8 Å². The highest BCUT2D eigenvalue weighted by Crippen LogP contribution is 2.45. The molecule has 0 saturated heterocycles. The standard InChI is InChI=1S/C21H13ClF3NO6S/c22-15-16(32-10-14(27)28)18(20(30)31)33-17(15)11-5-4-6-12(9-11)19(29)26(21(23,24)25)13-7-2-1-3-8-13/h1-9H,10H2,(H,27,28)(H,30,31). The number of halogens is 4. The fourth-order valence-corrected chi connectivity index (χ4v) is 4.27. The van der Waals surface area contributed by atoms with Crippen molar-refractivity contribution < 1.29 is 42.5 Å². The molecule has 1 amide bonds. The van der Waals surface area contributed by atoms with Crippen LogP contribution in [0.1, 0.15) is 20.0 Å². The smallest absolute Gasteiger partial charge is 0.479 e. The molecular weight excluding hydrogens is 487 g/mol. The Labute approximate surface area is 193 Å². The molecule has 2 N–H and O–H groups in total. The van der Waals surface area contributed by atoms with Crippen LogP contribution in [-0.2, 0) is 4.79 Å². The maximum atomic E-state index is 13.7. The molecule has 0 bridgehead atoms. The summed E-state index contributed by atoms with van der Waals surface area (Å²) in [6.07, 6.45) is -5.01. The first-order chi connectivity index (χ1) is 15.5. The van der Waals surface area contributed by atoms with Crippen LogP contribution in [0.3, 0.4) is 0 Å². The quantitative estimate of drug-likeness (QED) is 0.422. The van der Waals surface area contributed by atoms with Crippen LogP contribution in [-0.4, -0.2) is 41.0 Å². The molecular formula is C21H13ClF3NO6S. The molecule has 0 atom stereocenters. The predicted molar refractivity (Wildman–Crippen MR) is 114 cm³/mol. The number of aliphatic carboxylic acids is 1. The molecule has 3 rings (SSSR count).